The van der Waals surface area contributed by atoms with E-state index in [2.05, 4.69) is 0 Å². The van der Waals surface area contributed by atoms with Crippen LogP contribution in [0.4, 0.5) is 8.78 Å². The first kappa shape index (κ1) is 7.68. The summed E-state index contributed by atoms with van der Waals surface area (Å²) in [5.74, 6) is -1.50. The highest BCUT2D eigenvalue weighted by molar-refractivity contribution is 7.17. The summed E-state index contributed by atoms with van der Waals surface area (Å²) in [4.78, 5) is 0. The maximum atomic E-state index is 13.0. The van der Waals surface area contributed by atoms with Crippen molar-refractivity contribution < 1.29 is 8.78 Å². The van der Waals surface area contributed by atoms with Crippen LogP contribution in [-0.4, -0.2) is 0 Å². The van der Waals surface area contributed by atoms with Crippen molar-refractivity contribution in [2.45, 2.75) is 6.92 Å². The van der Waals surface area contributed by atoms with Crippen LogP contribution in [0.2, 0.25) is 0 Å². The Morgan fingerprint density at radius 1 is 1.33 bits per heavy atom. The Hall–Kier alpha value is -0.960. The number of hydrogen-bond donors (Lipinski definition) is 0. The summed E-state index contributed by atoms with van der Waals surface area (Å²) in [5, 5.41) is 2.60. The van der Waals surface area contributed by atoms with Gasteiger partial charge in [-0.2, -0.15) is 0 Å². The number of thiophene rings is 1. The van der Waals surface area contributed by atoms with Crippen LogP contribution in [0, 0.1) is 18.6 Å². The summed E-state index contributed by atoms with van der Waals surface area (Å²) in [6.07, 6.45) is 0. The van der Waals surface area contributed by atoms with Gasteiger partial charge in [-0.25, -0.2) is 8.78 Å². The van der Waals surface area contributed by atoms with Crippen LogP contribution < -0.4 is 0 Å². The Morgan fingerprint density at radius 3 is 2.83 bits per heavy atom. The Kier molecular flexibility index (Phi) is 1.61. The molecule has 3 heteroatoms. The summed E-state index contributed by atoms with van der Waals surface area (Å²) in [6.45, 7) is 1.59. The van der Waals surface area contributed by atoms with Crippen molar-refractivity contribution in [1.29, 1.82) is 0 Å². The van der Waals surface area contributed by atoms with Crippen LogP contribution in [0.1, 0.15) is 5.56 Å². The van der Waals surface area contributed by atoms with Gasteiger partial charge in [-0.1, -0.05) is 0 Å². The van der Waals surface area contributed by atoms with Gasteiger partial charge in [0.05, 0.1) is 0 Å². The molecule has 2 rings (SSSR count). The molecule has 0 N–H and O–H groups in total. The lowest BCUT2D eigenvalue weighted by Gasteiger charge is -1.98. The van der Waals surface area contributed by atoms with E-state index >= 15 is 0 Å². The Balaban J connectivity index is 2.94. The smallest absolute Gasteiger partial charge is 0.163 e. The zero-order valence-electron chi connectivity index (χ0n) is 6.40. The van der Waals surface area contributed by atoms with Gasteiger partial charge in [0.15, 0.2) is 11.6 Å². The first-order valence-electron chi connectivity index (χ1n) is 3.52. The third kappa shape index (κ3) is 0.932. The van der Waals surface area contributed by atoms with Crippen LogP contribution in [-0.2, 0) is 0 Å². The average molecular weight is 184 g/mol. The highest BCUT2D eigenvalue weighted by atomic mass is 32.1. The number of fused-ring (bicyclic) bond motifs is 1. The van der Waals surface area contributed by atoms with E-state index in [4.69, 9.17) is 0 Å². The molecule has 12 heavy (non-hydrogen) atoms. The molecular formula is C9H6F2S. The van der Waals surface area contributed by atoms with E-state index in [1.807, 2.05) is 5.38 Å². The quantitative estimate of drug-likeness (QED) is 0.588. The van der Waals surface area contributed by atoms with Crippen molar-refractivity contribution >= 4 is 21.4 Å². The van der Waals surface area contributed by atoms with Crippen molar-refractivity contribution in [3.8, 4) is 0 Å². The summed E-state index contributed by atoms with van der Waals surface area (Å²) < 4.78 is 26.6. The highest BCUT2D eigenvalue weighted by Crippen LogP contribution is 2.27. The molecular weight excluding hydrogens is 178 g/mol. The number of rotatable bonds is 0. The van der Waals surface area contributed by atoms with Crippen LogP contribution in [0.15, 0.2) is 17.5 Å². The topological polar surface area (TPSA) is 0 Å². The Morgan fingerprint density at radius 2 is 2.08 bits per heavy atom. The van der Waals surface area contributed by atoms with E-state index in [1.165, 1.54) is 17.4 Å². The van der Waals surface area contributed by atoms with E-state index < -0.39 is 11.6 Å². The van der Waals surface area contributed by atoms with Crippen molar-refractivity contribution in [2.24, 2.45) is 0 Å². The first-order valence-corrected chi connectivity index (χ1v) is 4.40. The molecule has 1 aromatic heterocycles. The molecule has 0 aliphatic rings. The molecule has 0 atom stereocenters. The zero-order valence-corrected chi connectivity index (χ0v) is 7.21. The molecule has 0 aliphatic heterocycles. The third-order valence-corrected chi connectivity index (χ3v) is 2.91. The summed E-state index contributed by atoms with van der Waals surface area (Å²) in [6, 6.07) is 3.02. The molecule has 0 bridgehead atoms. The number of aryl methyl sites for hydroxylation is 1. The molecule has 0 saturated heterocycles. The second-order valence-corrected chi connectivity index (χ2v) is 3.55. The number of halogens is 2. The molecule has 62 valence electrons. The molecule has 1 heterocycles. The first-order chi connectivity index (χ1) is 5.70. The van der Waals surface area contributed by atoms with Crippen LogP contribution in [0.25, 0.3) is 10.1 Å². The van der Waals surface area contributed by atoms with E-state index in [1.54, 1.807) is 13.0 Å². The van der Waals surface area contributed by atoms with Crippen molar-refractivity contribution in [3.05, 3.63) is 34.7 Å². The Bertz CT molecular complexity index is 431. The highest BCUT2D eigenvalue weighted by Gasteiger charge is 2.09. The van der Waals surface area contributed by atoms with Gasteiger partial charge < -0.3 is 0 Å². The fourth-order valence-corrected chi connectivity index (χ4v) is 2.10. The van der Waals surface area contributed by atoms with Gasteiger partial charge in [-0.3, -0.25) is 0 Å². The number of benzene rings is 1. The van der Waals surface area contributed by atoms with Gasteiger partial charge in [-0.05, 0) is 29.8 Å². The lowest BCUT2D eigenvalue weighted by molar-refractivity contribution is 0.506. The Labute approximate surface area is 72.4 Å². The van der Waals surface area contributed by atoms with Gasteiger partial charge in [0, 0.05) is 10.3 Å². The summed E-state index contributed by atoms with van der Waals surface area (Å²) in [5.41, 5.74) is 0.403. The standard InChI is InChI=1S/C9H6F2S/c1-5-8(11)7(10)4-6-2-3-12-9(5)6/h2-4H,1H3. The van der Waals surface area contributed by atoms with E-state index in [0.29, 0.717) is 5.56 Å². The monoisotopic (exact) mass is 184 g/mol. The lowest BCUT2D eigenvalue weighted by Crippen LogP contribution is -1.87. The largest absolute Gasteiger partial charge is 0.204 e. The average Bonchev–Trinajstić information content (AvgIpc) is 2.48. The molecule has 0 amide bonds. The normalized spacial score (nSPS) is 10.9. The minimum atomic E-state index is -0.765. The van der Waals surface area contributed by atoms with Gasteiger partial charge in [0.25, 0.3) is 0 Å². The van der Waals surface area contributed by atoms with Crippen molar-refractivity contribution in [1.82, 2.24) is 0 Å². The van der Waals surface area contributed by atoms with Crippen molar-refractivity contribution in [2.75, 3.05) is 0 Å². The molecule has 0 aliphatic carbocycles. The molecule has 2 aromatic rings. The van der Waals surface area contributed by atoms with Crippen LogP contribution >= 0.6 is 11.3 Å². The van der Waals surface area contributed by atoms with Gasteiger partial charge >= 0.3 is 0 Å². The second kappa shape index (κ2) is 2.52. The molecule has 0 nitrogen and oxygen atoms in total. The molecule has 0 fully saturated rings. The molecule has 0 unspecified atom stereocenters. The van der Waals surface area contributed by atoms with E-state index in [9.17, 15) is 8.78 Å². The minimum absolute atomic E-state index is 0.403. The second-order valence-electron chi connectivity index (χ2n) is 2.64. The molecule has 0 spiro atoms. The molecule has 0 saturated carbocycles. The van der Waals surface area contributed by atoms with E-state index in [-0.39, 0.29) is 0 Å². The molecule has 0 radical (unpaired) electrons. The summed E-state index contributed by atoms with van der Waals surface area (Å²) in [7, 11) is 0. The lowest BCUT2D eigenvalue weighted by atomic mass is 10.2. The maximum absolute atomic E-state index is 13.0. The predicted octanol–water partition coefficient (Wildman–Crippen LogP) is 3.49. The van der Waals surface area contributed by atoms with Crippen LogP contribution in [0.5, 0.6) is 0 Å². The van der Waals surface area contributed by atoms with Gasteiger partial charge in [0.1, 0.15) is 0 Å². The van der Waals surface area contributed by atoms with Gasteiger partial charge in [0.2, 0.25) is 0 Å². The summed E-state index contributed by atoms with van der Waals surface area (Å²) >= 11 is 1.43. The zero-order chi connectivity index (χ0) is 8.72. The van der Waals surface area contributed by atoms with Crippen molar-refractivity contribution in [3.63, 3.8) is 0 Å². The third-order valence-electron chi connectivity index (χ3n) is 1.86. The molecule has 1 aromatic carbocycles. The van der Waals surface area contributed by atoms with E-state index in [0.717, 1.165) is 10.1 Å². The fraction of sp³-hybridized carbons (Fsp3) is 0.111. The van der Waals surface area contributed by atoms with Crippen LogP contribution in [0.3, 0.4) is 0 Å². The minimum Gasteiger partial charge on any atom is -0.204 e. The maximum Gasteiger partial charge on any atom is 0.163 e. The van der Waals surface area contributed by atoms with Gasteiger partial charge in [-0.15, -0.1) is 11.3 Å². The SMILES string of the molecule is Cc1c(F)c(F)cc2ccsc12. The fourth-order valence-electron chi connectivity index (χ4n) is 1.22. The predicted molar refractivity (Wildman–Crippen MR) is 46.5 cm³/mol. The number of hydrogen-bond acceptors (Lipinski definition) is 1.